The Morgan fingerprint density at radius 1 is 1.57 bits per heavy atom. The maximum absolute atomic E-state index is 12.7. The topological polar surface area (TPSA) is 55.8 Å². The molecule has 0 aromatic heterocycles. The van der Waals surface area contributed by atoms with E-state index in [2.05, 4.69) is 27.3 Å². The van der Waals surface area contributed by atoms with Crippen molar-refractivity contribution in [1.82, 2.24) is 4.90 Å². The van der Waals surface area contributed by atoms with Gasteiger partial charge in [-0.1, -0.05) is 0 Å². The van der Waals surface area contributed by atoms with Gasteiger partial charge < -0.3 is 14.4 Å². The molecule has 6 heteroatoms. The van der Waals surface area contributed by atoms with Gasteiger partial charge in [0, 0.05) is 9.61 Å². The van der Waals surface area contributed by atoms with E-state index in [1.54, 1.807) is 4.90 Å². The number of methoxy groups -OCH3 is 1. The summed E-state index contributed by atoms with van der Waals surface area (Å²) in [6.45, 7) is 4.21. The maximum Gasteiger partial charge on any atom is 0.307 e. The Kier molecular flexibility index (Phi) is 5.08. The Hall–Kier alpha value is -1.31. The number of esters is 1. The molecule has 1 aliphatic heterocycles. The van der Waals surface area contributed by atoms with Crippen LogP contribution in [0.2, 0.25) is 0 Å². The number of rotatable bonds is 3. The van der Waals surface area contributed by atoms with Crippen molar-refractivity contribution in [2.75, 3.05) is 13.7 Å². The van der Waals surface area contributed by atoms with E-state index in [0.717, 1.165) is 3.57 Å². The molecule has 1 aromatic carbocycles. The molecule has 0 fully saturated rings. The number of nitrogens with zero attached hydrogens (tertiary/aromatic N) is 1. The monoisotopic (exact) mass is 403 g/mol. The molecule has 5 nitrogen and oxygen atoms in total. The molecule has 2 atom stereocenters. The van der Waals surface area contributed by atoms with Gasteiger partial charge >= 0.3 is 5.97 Å². The summed E-state index contributed by atoms with van der Waals surface area (Å²) >= 11 is 2.16. The first kappa shape index (κ1) is 16.1. The fraction of sp³-hybridized carbons (Fsp3) is 0.467. The number of hydrogen-bond acceptors (Lipinski definition) is 4. The lowest BCUT2D eigenvalue weighted by molar-refractivity contribution is -0.141. The first-order valence-corrected chi connectivity index (χ1v) is 7.84. The predicted molar refractivity (Wildman–Crippen MR) is 86.4 cm³/mol. The van der Waals surface area contributed by atoms with E-state index in [0.29, 0.717) is 17.9 Å². The normalized spacial score (nSPS) is 19.3. The van der Waals surface area contributed by atoms with Crippen molar-refractivity contribution in [3.63, 3.8) is 0 Å². The summed E-state index contributed by atoms with van der Waals surface area (Å²) in [6, 6.07) is 5.31. The first-order chi connectivity index (χ1) is 9.92. The van der Waals surface area contributed by atoms with Crippen molar-refractivity contribution in [1.29, 1.82) is 0 Å². The summed E-state index contributed by atoms with van der Waals surface area (Å²) in [6.07, 6.45) is 0.0455. The van der Waals surface area contributed by atoms with E-state index in [1.165, 1.54) is 7.11 Å². The second kappa shape index (κ2) is 6.64. The molecule has 114 valence electrons. The van der Waals surface area contributed by atoms with Crippen molar-refractivity contribution in [3.05, 3.63) is 27.3 Å². The van der Waals surface area contributed by atoms with Gasteiger partial charge in [0.1, 0.15) is 11.9 Å². The van der Waals surface area contributed by atoms with Crippen LogP contribution in [0.4, 0.5) is 0 Å². The average molecular weight is 403 g/mol. The lowest BCUT2D eigenvalue weighted by atomic mass is 10.1. The van der Waals surface area contributed by atoms with Gasteiger partial charge in [-0.2, -0.15) is 0 Å². The number of amides is 1. The van der Waals surface area contributed by atoms with Crippen molar-refractivity contribution in [2.45, 2.75) is 32.4 Å². The lowest BCUT2D eigenvalue weighted by Crippen LogP contribution is -2.43. The summed E-state index contributed by atoms with van der Waals surface area (Å²) in [5, 5.41) is 0. The van der Waals surface area contributed by atoms with Crippen molar-refractivity contribution in [3.8, 4) is 5.75 Å². The second-order valence-corrected chi connectivity index (χ2v) is 6.40. The van der Waals surface area contributed by atoms with E-state index in [1.807, 2.05) is 32.0 Å². The van der Waals surface area contributed by atoms with Gasteiger partial charge in [0.2, 0.25) is 0 Å². The first-order valence-electron chi connectivity index (χ1n) is 6.76. The van der Waals surface area contributed by atoms with Gasteiger partial charge in [-0.05, 0) is 54.6 Å². The average Bonchev–Trinajstić information content (AvgIpc) is 2.56. The van der Waals surface area contributed by atoms with Gasteiger partial charge in [-0.3, -0.25) is 9.59 Å². The van der Waals surface area contributed by atoms with Crippen molar-refractivity contribution in [2.24, 2.45) is 0 Å². The Morgan fingerprint density at radius 2 is 2.29 bits per heavy atom. The smallest absolute Gasteiger partial charge is 0.307 e. The molecule has 0 bridgehead atoms. The van der Waals surface area contributed by atoms with Crippen LogP contribution >= 0.6 is 22.6 Å². The van der Waals surface area contributed by atoms with Crippen LogP contribution in [0.3, 0.4) is 0 Å². The molecule has 0 N–H and O–H groups in total. The minimum absolute atomic E-state index is 0.107. The number of fused-ring (bicyclic) bond motifs is 1. The van der Waals surface area contributed by atoms with E-state index in [4.69, 9.17) is 4.74 Å². The number of benzene rings is 1. The highest BCUT2D eigenvalue weighted by atomic mass is 127. The maximum atomic E-state index is 12.7. The van der Waals surface area contributed by atoms with Gasteiger partial charge in [0.05, 0.1) is 25.6 Å². The minimum Gasteiger partial charge on any atom is -0.488 e. The van der Waals surface area contributed by atoms with Crippen LogP contribution in [0.5, 0.6) is 5.75 Å². The summed E-state index contributed by atoms with van der Waals surface area (Å²) in [5.74, 6) is 0.168. The van der Waals surface area contributed by atoms with Gasteiger partial charge in [0.25, 0.3) is 5.91 Å². The fourth-order valence-electron chi connectivity index (χ4n) is 2.36. The molecular formula is C15H18INO4. The van der Waals surface area contributed by atoms with Crippen LogP contribution in [0, 0.1) is 3.57 Å². The highest BCUT2D eigenvalue weighted by Crippen LogP contribution is 2.28. The summed E-state index contributed by atoms with van der Waals surface area (Å²) in [7, 11) is 1.35. The molecule has 1 amide bonds. The Balaban J connectivity index is 2.31. The molecule has 0 saturated heterocycles. The Bertz CT molecular complexity index is 561. The number of carbonyl (C=O) groups excluding carboxylic acids is 2. The molecular weight excluding hydrogens is 385 g/mol. The zero-order chi connectivity index (χ0) is 15.6. The van der Waals surface area contributed by atoms with Crippen LogP contribution in [0.25, 0.3) is 0 Å². The van der Waals surface area contributed by atoms with E-state index >= 15 is 0 Å². The molecule has 0 saturated carbocycles. The van der Waals surface area contributed by atoms with E-state index in [-0.39, 0.29) is 30.4 Å². The van der Waals surface area contributed by atoms with Crippen LogP contribution in [0.1, 0.15) is 30.6 Å². The van der Waals surface area contributed by atoms with Crippen LogP contribution < -0.4 is 4.74 Å². The fourth-order valence-corrected chi connectivity index (χ4v) is 2.85. The third-order valence-electron chi connectivity index (χ3n) is 3.44. The third kappa shape index (κ3) is 3.66. The molecule has 2 unspecified atom stereocenters. The second-order valence-electron chi connectivity index (χ2n) is 5.16. The highest BCUT2D eigenvalue weighted by Gasteiger charge is 2.31. The zero-order valence-corrected chi connectivity index (χ0v) is 14.4. The van der Waals surface area contributed by atoms with Crippen LogP contribution in [0.15, 0.2) is 18.2 Å². The van der Waals surface area contributed by atoms with Crippen molar-refractivity contribution >= 4 is 34.5 Å². The standard InChI is InChI=1S/C15H18INO4/c1-9(6-14(18)20-3)17-8-10(2)21-13-5-4-11(16)7-12(13)15(17)19/h4-5,7,9-10H,6,8H2,1-3H3. The molecule has 0 aliphatic carbocycles. The quantitative estimate of drug-likeness (QED) is 0.575. The Morgan fingerprint density at radius 3 is 2.95 bits per heavy atom. The summed E-state index contributed by atoms with van der Waals surface area (Å²) in [5.41, 5.74) is 0.544. The van der Waals surface area contributed by atoms with E-state index in [9.17, 15) is 9.59 Å². The minimum atomic E-state index is -0.323. The zero-order valence-electron chi connectivity index (χ0n) is 12.3. The molecule has 2 rings (SSSR count). The number of hydrogen-bond donors (Lipinski definition) is 0. The number of carbonyl (C=O) groups is 2. The highest BCUT2D eigenvalue weighted by molar-refractivity contribution is 14.1. The lowest BCUT2D eigenvalue weighted by Gasteiger charge is -2.28. The van der Waals surface area contributed by atoms with E-state index < -0.39 is 0 Å². The van der Waals surface area contributed by atoms with Crippen LogP contribution in [-0.4, -0.2) is 42.6 Å². The van der Waals surface area contributed by atoms with Gasteiger partial charge in [-0.25, -0.2) is 0 Å². The molecule has 0 spiro atoms. The van der Waals surface area contributed by atoms with Crippen molar-refractivity contribution < 1.29 is 19.1 Å². The molecule has 21 heavy (non-hydrogen) atoms. The Labute approximate surface area is 137 Å². The largest absolute Gasteiger partial charge is 0.488 e. The molecule has 1 aromatic rings. The SMILES string of the molecule is COC(=O)CC(C)N1CC(C)Oc2ccc(I)cc2C1=O. The molecule has 1 heterocycles. The summed E-state index contributed by atoms with van der Waals surface area (Å²) < 4.78 is 11.5. The van der Waals surface area contributed by atoms with Crippen LogP contribution in [-0.2, 0) is 9.53 Å². The third-order valence-corrected chi connectivity index (χ3v) is 4.11. The van der Waals surface area contributed by atoms with Gasteiger partial charge in [0.15, 0.2) is 0 Å². The number of halogens is 1. The number of ether oxygens (including phenoxy) is 2. The molecule has 1 aliphatic rings. The van der Waals surface area contributed by atoms with Gasteiger partial charge in [-0.15, -0.1) is 0 Å². The molecule has 0 radical (unpaired) electrons. The summed E-state index contributed by atoms with van der Waals surface area (Å²) in [4.78, 5) is 25.9. The predicted octanol–water partition coefficient (Wildman–Crippen LogP) is 2.47.